The van der Waals surface area contributed by atoms with E-state index < -0.39 is 5.97 Å². The number of aromatic nitrogens is 2. The molecule has 0 saturated heterocycles. The Morgan fingerprint density at radius 1 is 1.44 bits per heavy atom. The molecule has 0 spiro atoms. The molecular weight excluding hydrogens is 228 g/mol. The zero-order valence-electron chi connectivity index (χ0n) is 10.8. The lowest BCUT2D eigenvalue weighted by Crippen LogP contribution is -2.06. The number of nitrogens with zero attached hydrogens (tertiary/aromatic N) is 2. The first kappa shape index (κ1) is 12.6. The van der Waals surface area contributed by atoms with Crippen molar-refractivity contribution >= 4 is 17.0 Å². The summed E-state index contributed by atoms with van der Waals surface area (Å²) in [6, 6.07) is 6.18. The van der Waals surface area contributed by atoms with Crippen molar-refractivity contribution in [2.45, 2.75) is 39.7 Å². The Morgan fingerprint density at radius 3 is 2.89 bits per heavy atom. The van der Waals surface area contributed by atoms with Crippen LogP contribution in [0.1, 0.15) is 31.2 Å². The van der Waals surface area contributed by atoms with Crippen molar-refractivity contribution in [3.8, 4) is 0 Å². The Balaban J connectivity index is 2.43. The third-order valence-electron chi connectivity index (χ3n) is 2.99. The third kappa shape index (κ3) is 2.53. The minimum Gasteiger partial charge on any atom is -0.481 e. The number of carbonyl (C=O) groups is 1. The quantitative estimate of drug-likeness (QED) is 0.882. The monoisotopic (exact) mass is 246 g/mol. The highest BCUT2D eigenvalue weighted by atomic mass is 16.4. The summed E-state index contributed by atoms with van der Waals surface area (Å²) >= 11 is 0. The summed E-state index contributed by atoms with van der Waals surface area (Å²) in [6.07, 6.45) is 1.63. The molecule has 0 aliphatic heterocycles. The number of fused-ring (bicyclic) bond motifs is 1. The van der Waals surface area contributed by atoms with Crippen LogP contribution >= 0.6 is 0 Å². The van der Waals surface area contributed by atoms with E-state index in [-0.39, 0.29) is 6.42 Å². The molecule has 0 bridgehead atoms. The molecule has 2 aromatic rings. The molecule has 0 aliphatic carbocycles. The van der Waals surface area contributed by atoms with Crippen molar-refractivity contribution in [1.82, 2.24) is 9.55 Å². The fraction of sp³-hybridized carbons (Fsp3) is 0.429. The van der Waals surface area contributed by atoms with Gasteiger partial charge in [0.2, 0.25) is 0 Å². The van der Waals surface area contributed by atoms with E-state index in [1.165, 1.54) is 5.56 Å². The first-order valence-electron chi connectivity index (χ1n) is 6.29. The first-order chi connectivity index (χ1) is 8.61. The van der Waals surface area contributed by atoms with E-state index in [4.69, 9.17) is 5.11 Å². The third-order valence-corrected chi connectivity index (χ3v) is 2.99. The Morgan fingerprint density at radius 2 is 2.22 bits per heavy atom. The van der Waals surface area contributed by atoms with Gasteiger partial charge in [-0.25, -0.2) is 4.98 Å². The number of carboxylic acid groups (broad SMARTS) is 1. The van der Waals surface area contributed by atoms with Crippen LogP contribution in [-0.4, -0.2) is 20.6 Å². The van der Waals surface area contributed by atoms with Crippen LogP contribution in [0.25, 0.3) is 11.0 Å². The second kappa shape index (κ2) is 5.21. The number of hydrogen-bond acceptors (Lipinski definition) is 2. The van der Waals surface area contributed by atoms with E-state index in [2.05, 4.69) is 28.6 Å². The van der Waals surface area contributed by atoms with Gasteiger partial charge in [-0.2, -0.15) is 0 Å². The molecule has 0 amide bonds. The molecule has 4 heteroatoms. The molecule has 1 aromatic heterocycles. The van der Waals surface area contributed by atoms with E-state index in [1.807, 2.05) is 13.0 Å². The molecule has 0 aliphatic rings. The number of aliphatic carboxylic acids is 1. The smallest absolute Gasteiger partial charge is 0.303 e. The number of carboxylic acids is 1. The summed E-state index contributed by atoms with van der Waals surface area (Å²) in [6.45, 7) is 5.03. The molecule has 96 valence electrons. The normalized spacial score (nSPS) is 11.0. The SMILES string of the molecule is CCCn1c(CCC(=O)O)nc2cc(C)ccc21. The van der Waals surface area contributed by atoms with Gasteiger partial charge in [0.25, 0.3) is 0 Å². The van der Waals surface area contributed by atoms with Gasteiger partial charge in [-0.1, -0.05) is 13.0 Å². The number of hydrogen-bond donors (Lipinski definition) is 1. The molecule has 1 aromatic carbocycles. The average Bonchev–Trinajstić information content (AvgIpc) is 2.64. The van der Waals surface area contributed by atoms with Crippen molar-refractivity contribution in [2.75, 3.05) is 0 Å². The maximum atomic E-state index is 10.7. The zero-order valence-corrected chi connectivity index (χ0v) is 10.8. The predicted octanol–water partition coefficient (Wildman–Crippen LogP) is 2.77. The number of aryl methyl sites for hydroxylation is 3. The lowest BCUT2D eigenvalue weighted by molar-refractivity contribution is -0.137. The summed E-state index contributed by atoms with van der Waals surface area (Å²) in [5, 5.41) is 8.78. The molecule has 2 rings (SSSR count). The minimum atomic E-state index is -0.777. The number of rotatable bonds is 5. The molecule has 4 nitrogen and oxygen atoms in total. The summed E-state index contributed by atoms with van der Waals surface area (Å²) in [5.74, 6) is 0.0983. The van der Waals surface area contributed by atoms with Crippen LogP contribution in [0.3, 0.4) is 0 Å². The van der Waals surface area contributed by atoms with Gasteiger partial charge in [0.1, 0.15) is 5.82 Å². The van der Waals surface area contributed by atoms with Gasteiger partial charge in [-0.3, -0.25) is 4.79 Å². The van der Waals surface area contributed by atoms with E-state index in [9.17, 15) is 4.79 Å². The van der Waals surface area contributed by atoms with Gasteiger partial charge in [0, 0.05) is 13.0 Å². The van der Waals surface area contributed by atoms with Crippen LogP contribution in [0.2, 0.25) is 0 Å². The van der Waals surface area contributed by atoms with E-state index >= 15 is 0 Å². The van der Waals surface area contributed by atoms with Crippen LogP contribution in [0.4, 0.5) is 0 Å². The van der Waals surface area contributed by atoms with Crippen LogP contribution in [0, 0.1) is 6.92 Å². The molecule has 0 saturated carbocycles. The highest BCUT2D eigenvalue weighted by Crippen LogP contribution is 2.19. The Labute approximate surface area is 106 Å². The summed E-state index contributed by atoms with van der Waals surface area (Å²) in [5.41, 5.74) is 3.24. The van der Waals surface area contributed by atoms with E-state index in [0.29, 0.717) is 6.42 Å². The molecule has 0 radical (unpaired) electrons. The summed E-state index contributed by atoms with van der Waals surface area (Å²) < 4.78 is 2.14. The first-order valence-corrected chi connectivity index (χ1v) is 6.29. The largest absolute Gasteiger partial charge is 0.481 e. The minimum absolute atomic E-state index is 0.131. The van der Waals surface area contributed by atoms with Crippen molar-refractivity contribution in [1.29, 1.82) is 0 Å². The van der Waals surface area contributed by atoms with E-state index in [1.54, 1.807) is 0 Å². The van der Waals surface area contributed by atoms with Gasteiger partial charge in [0.15, 0.2) is 0 Å². The standard InChI is InChI=1S/C14H18N2O2/c1-3-8-16-12-5-4-10(2)9-11(12)15-13(16)6-7-14(17)18/h4-5,9H,3,6-8H2,1-2H3,(H,17,18). The van der Waals surface area contributed by atoms with Crippen LogP contribution < -0.4 is 0 Å². The van der Waals surface area contributed by atoms with Crippen LogP contribution in [0.15, 0.2) is 18.2 Å². The Kier molecular flexibility index (Phi) is 3.65. The molecule has 18 heavy (non-hydrogen) atoms. The maximum absolute atomic E-state index is 10.7. The summed E-state index contributed by atoms with van der Waals surface area (Å²) in [4.78, 5) is 15.2. The average molecular weight is 246 g/mol. The highest BCUT2D eigenvalue weighted by molar-refractivity contribution is 5.77. The highest BCUT2D eigenvalue weighted by Gasteiger charge is 2.11. The van der Waals surface area contributed by atoms with Crippen molar-refractivity contribution in [2.24, 2.45) is 0 Å². The lowest BCUT2D eigenvalue weighted by Gasteiger charge is -2.06. The number of imidazole rings is 1. The predicted molar refractivity (Wildman–Crippen MR) is 70.7 cm³/mol. The van der Waals surface area contributed by atoms with Gasteiger partial charge in [-0.15, -0.1) is 0 Å². The van der Waals surface area contributed by atoms with Crippen molar-refractivity contribution in [3.05, 3.63) is 29.6 Å². The van der Waals surface area contributed by atoms with Gasteiger partial charge >= 0.3 is 5.97 Å². The maximum Gasteiger partial charge on any atom is 0.303 e. The van der Waals surface area contributed by atoms with Gasteiger partial charge in [-0.05, 0) is 31.0 Å². The van der Waals surface area contributed by atoms with Crippen LogP contribution in [-0.2, 0) is 17.8 Å². The fourth-order valence-corrected chi connectivity index (χ4v) is 2.17. The molecule has 1 N–H and O–H groups in total. The van der Waals surface area contributed by atoms with Gasteiger partial charge < -0.3 is 9.67 Å². The Hall–Kier alpha value is -1.84. The molecule has 0 fully saturated rings. The second-order valence-electron chi connectivity index (χ2n) is 4.57. The topological polar surface area (TPSA) is 55.1 Å². The molecular formula is C14H18N2O2. The van der Waals surface area contributed by atoms with Crippen molar-refractivity contribution in [3.63, 3.8) is 0 Å². The molecule has 1 heterocycles. The van der Waals surface area contributed by atoms with Crippen molar-refractivity contribution < 1.29 is 9.90 Å². The Bertz CT molecular complexity index is 572. The van der Waals surface area contributed by atoms with Gasteiger partial charge in [0.05, 0.1) is 17.5 Å². The number of benzene rings is 1. The molecule has 0 atom stereocenters. The van der Waals surface area contributed by atoms with Crippen LogP contribution in [0.5, 0.6) is 0 Å². The second-order valence-corrected chi connectivity index (χ2v) is 4.57. The zero-order chi connectivity index (χ0) is 13.1. The lowest BCUT2D eigenvalue weighted by atomic mass is 10.2. The molecule has 0 unspecified atom stereocenters. The van der Waals surface area contributed by atoms with E-state index in [0.717, 1.165) is 29.8 Å². The fourth-order valence-electron chi connectivity index (χ4n) is 2.17. The summed E-state index contributed by atoms with van der Waals surface area (Å²) in [7, 11) is 0.